The smallest absolute Gasteiger partial charge is 0.328 e. The van der Waals surface area contributed by atoms with E-state index in [9.17, 15) is 19.6 Å². The summed E-state index contributed by atoms with van der Waals surface area (Å²) in [7, 11) is 3.10. The second-order valence-electron chi connectivity index (χ2n) is 8.78. The summed E-state index contributed by atoms with van der Waals surface area (Å²) in [4.78, 5) is 51.7. The lowest BCUT2D eigenvalue weighted by molar-refractivity contribution is -0.120. The minimum absolute atomic E-state index is 0.145. The molecule has 0 spiro atoms. The van der Waals surface area contributed by atoms with Crippen LogP contribution in [-0.2, 0) is 15.1 Å². The summed E-state index contributed by atoms with van der Waals surface area (Å²) in [6, 6.07) is 6.06. The molecular weight excluding hydrogens is 490 g/mol. The second-order valence-corrected chi connectivity index (χ2v) is 8.78. The quantitative estimate of drug-likeness (QED) is 0.164. The van der Waals surface area contributed by atoms with E-state index in [1.165, 1.54) is 30.6 Å². The highest BCUT2D eigenvalue weighted by atomic mass is 16.5. The molecule has 3 aliphatic rings. The summed E-state index contributed by atoms with van der Waals surface area (Å²) < 4.78 is 5.03. The molecule has 13 heteroatoms. The minimum atomic E-state index is -0.775. The van der Waals surface area contributed by atoms with Gasteiger partial charge in [-0.3, -0.25) is 24.8 Å². The number of pyridine rings is 2. The zero-order chi connectivity index (χ0) is 27.3. The van der Waals surface area contributed by atoms with Crippen LogP contribution in [0.5, 0.6) is 0 Å². The number of methoxy groups -OCH3 is 1. The molecule has 13 nitrogen and oxygen atoms in total. The highest BCUT2D eigenvalue weighted by molar-refractivity contribution is 6.12. The van der Waals surface area contributed by atoms with Crippen molar-refractivity contribution in [2.75, 3.05) is 42.8 Å². The minimum Gasteiger partial charge on any atom is -0.404 e. The third-order valence-corrected chi connectivity index (χ3v) is 6.46. The molecule has 0 unspecified atom stereocenters. The third kappa shape index (κ3) is 4.89. The molecule has 0 atom stereocenters. The average molecular weight is 518 g/mol. The first-order valence-corrected chi connectivity index (χ1v) is 11.8. The van der Waals surface area contributed by atoms with Gasteiger partial charge in [-0.1, -0.05) is 6.07 Å². The van der Waals surface area contributed by atoms with E-state index < -0.39 is 17.5 Å². The molecule has 5 rings (SSSR count). The Morgan fingerprint density at radius 3 is 2.84 bits per heavy atom. The normalized spacial score (nSPS) is 19.7. The topological polar surface area (TPSA) is 188 Å². The second kappa shape index (κ2) is 11.1. The molecule has 4 heterocycles. The first-order valence-electron chi connectivity index (χ1n) is 11.8. The van der Waals surface area contributed by atoms with Crippen molar-refractivity contribution in [3.8, 4) is 6.07 Å². The largest absolute Gasteiger partial charge is 0.404 e. The van der Waals surface area contributed by atoms with E-state index >= 15 is 0 Å². The van der Waals surface area contributed by atoms with E-state index in [0.717, 1.165) is 0 Å². The molecule has 1 fully saturated rings. The van der Waals surface area contributed by atoms with E-state index in [2.05, 4.69) is 37.0 Å². The molecule has 2 aromatic heterocycles. The Bertz CT molecular complexity index is 1360. The maximum Gasteiger partial charge on any atom is 0.328 e. The summed E-state index contributed by atoms with van der Waals surface area (Å²) in [5.41, 5.74) is 6.58. The van der Waals surface area contributed by atoms with Gasteiger partial charge >= 0.3 is 6.03 Å². The number of hydrogen-bond acceptors (Lipinski definition) is 10. The number of hydrogen-bond donors (Lipinski definition) is 4. The van der Waals surface area contributed by atoms with E-state index in [1.807, 2.05) is 0 Å². The van der Waals surface area contributed by atoms with Gasteiger partial charge in [0.25, 0.3) is 5.91 Å². The molecule has 0 saturated heterocycles. The molecule has 2 aliphatic heterocycles. The maximum atomic E-state index is 13.5. The Morgan fingerprint density at radius 1 is 1.39 bits per heavy atom. The zero-order valence-electron chi connectivity index (χ0n) is 20.9. The van der Waals surface area contributed by atoms with Crippen molar-refractivity contribution in [1.29, 1.82) is 5.26 Å². The van der Waals surface area contributed by atoms with Crippen LogP contribution in [0.4, 0.5) is 22.1 Å². The van der Waals surface area contributed by atoms with Crippen LogP contribution >= 0.6 is 0 Å². The molecule has 0 aromatic carbocycles. The lowest BCUT2D eigenvalue weighted by Crippen LogP contribution is -2.67. The lowest BCUT2D eigenvalue weighted by Gasteiger charge is -2.57. The summed E-state index contributed by atoms with van der Waals surface area (Å²) >= 11 is 0. The van der Waals surface area contributed by atoms with Gasteiger partial charge in [-0.05, 0) is 18.9 Å². The van der Waals surface area contributed by atoms with Gasteiger partial charge in [0.1, 0.15) is 23.4 Å². The van der Waals surface area contributed by atoms with Crippen molar-refractivity contribution >= 4 is 41.8 Å². The number of anilines is 3. The molecule has 2 bridgehead atoms. The Hall–Kier alpha value is -4.83. The summed E-state index contributed by atoms with van der Waals surface area (Å²) in [6.07, 6.45) is 5.37. The molecular formula is C25H27N9O4. The van der Waals surface area contributed by atoms with Gasteiger partial charge in [-0.15, -0.1) is 0 Å². The fourth-order valence-corrected chi connectivity index (χ4v) is 4.66. The predicted octanol–water partition coefficient (Wildman–Crippen LogP) is 1.29. The van der Waals surface area contributed by atoms with Crippen LogP contribution in [0.15, 0.2) is 41.2 Å². The molecule has 3 amide bonds. The average Bonchev–Trinajstić information content (AvgIpc) is 2.90. The van der Waals surface area contributed by atoms with Gasteiger partial charge in [0.15, 0.2) is 6.29 Å². The van der Waals surface area contributed by atoms with Crippen molar-refractivity contribution in [3.05, 3.63) is 53.0 Å². The number of carbonyl (C=O) groups is 3. The van der Waals surface area contributed by atoms with E-state index in [4.69, 9.17) is 10.5 Å². The first kappa shape index (κ1) is 26.2. The monoisotopic (exact) mass is 517 g/mol. The van der Waals surface area contributed by atoms with Gasteiger partial charge in [0.05, 0.1) is 29.0 Å². The SMILES string of the molecule is CN=CC(=CN)C(=O)NC12CC(C1)N(C(=O)Nc1cc(NCCOC)c(C#N)cn1)c1nc(C=O)ccc12. The number of aldehydes is 1. The highest BCUT2D eigenvalue weighted by Gasteiger charge is 2.57. The van der Waals surface area contributed by atoms with Crippen molar-refractivity contribution in [1.82, 2.24) is 15.3 Å². The van der Waals surface area contributed by atoms with Crippen LogP contribution < -0.4 is 26.6 Å². The summed E-state index contributed by atoms with van der Waals surface area (Å²) in [5, 5.41) is 18.2. The number of amides is 3. The fraction of sp³-hybridized carbons (Fsp3) is 0.320. The van der Waals surface area contributed by atoms with Crippen molar-refractivity contribution in [2.24, 2.45) is 10.7 Å². The summed E-state index contributed by atoms with van der Waals surface area (Å²) in [5.74, 6) is 0.0858. The molecule has 196 valence electrons. The Balaban J connectivity index is 1.62. The predicted molar refractivity (Wildman–Crippen MR) is 140 cm³/mol. The highest BCUT2D eigenvalue weighted by Crippen LogP contribution is 2.53. The van der Waals surface area contributed by atoms with Crippen LogP contribution in [0, 0.1) is 11.3 Å². The zero-order valence-corrected chi connectivity index (χ0v) is 20.9. The number of nitrogens with two attached hydrogens (primary N) is 1. The van der Waals surface area contributed by atoms with Crippen LogP contribution in [0.1, 0.15) is 34.5 Å². The van der Waals surface area contributed by atoms with E-state index in [1.54, 1.807) is 25.3 Å². The third-order valence-electron chi connectivity index (χ3n) is 6.46. The number of urea groups is 1. The number of ether oxygens (including phenoxy) is 1. The Morgan fingerprint density at radius 2 is 2.18 bits per heavy atom. The van der Waals surface area contributed by atoms with E-state index in [0.29, 0.717) is 49.1 Å². The first-order chi connectivity index (χ1) is 18.4. The number of aromatic nitrogens is 2. The standard InChI is InChI=1S/C25H27N9O4/c1-28-12-16(11-27)23(36)33-25-8-18(9-25)34(22-19(25)4-3-17(14-35)31-22)24(37)32-21-7-20(29-5-6-38-2)15(10-26)13-30-21/h3-4,7,11-14,18H,5-6,8-9,27H2,1-2H3,(H,33,36)(H2,29,30,32,37). The number of rotatable bonds is 9. The molecule has 38 heavy (non-hydrogen) atoms. The number of carbonyl (C=O) groups excluding carboxylic acids is 3. The summed E-state index contributed by atoms with van der Waals surface area (Å²) in [6.45, 7) is 0.888. The molecule has 2 aromatic rings. The van der Waals surface area contributed by atoms with Crippen molar-refractivity contribution in [2.45, 2.75) is 24.4 Å². The lowest BCUT2D eigenvalue weighted by atomic mass is 9.64. The maximum absolute atomic E-state index is 13.5. The van der Waals surface area contributed by atoms with Crippen molar-refractivity contribution in [3.63, 3.8) is 0 Å². The number of nitriles is 1. The van der Waals surface area contributed by atoms with Crippen LogP contribution in [0.3, 0.4) is 0 Å². The molecule has 1 saturated carbocycles. The van der Waals surface area contributed by atoms with Gasteiger partial charge in [-0.25, -0.2) is 14.8 Å². The van der Waals surface area contributed by atoms with Gasteiger partial charge < -0.3 is 21.1 Å². The van der Waals surface area contributed by atoms with Crippen LogP contribution in [0.25, 0.3) is 0 Å². The van der Waals surface area contributed by atoms with Crippen LogP contribution in [0.2, 0.25) is 0 Å². The van der Waals surface area contributed by atoms with Gasteiger partial charge in [0.2, 0.25) is 0 Å². The van der Waals surface area contributed by atoms with Crippen LogP contribution in [-0.4, -0.2) is 67.8 Å². The number of aliphatic imine (C=N–C) groups is 1. The Kier molecular flexibility index (Phi) is 7.63. The van der Waals surface area contributed by atoms with Gasteiger partial charge in [0, 0.05) is 57.0 Å². The molecule has 1 aliphatic carbocycles. The van der Waals surface area contributed by atoms with Gasteiger partial charge in [-0.2, -0.15) is 5.26 Å². The Labute approximate surface area is 218 Å². The fourth-order valence-electron chi connectivity index (χ4n) is 4.66. The molecule has 5 N–H and O–H groups in total. The molecule has 0 radical (unpaired) electrons. The van der Waals surface area contributed by atoms with Crippen molar-refractivity contribution < 1.29 is 19.1 Å². The number of nitrogens with zero attached hydrogens (tertiary/aromatic N) is 5. The number of nitrogens with one attached hydrogen (secondary N) is 3. The van der Waals surface area contributed by atoms with E-state index in [-0.39, 0.29) is 28.9 Å².